The first-order valence-corrected chi connectivity index (χ1v) is 12.2. The Morgan fingerprint density at radius 3 is 1.59 bits per heavy atom. The minimum atomic E-state index is -0.483. The Balaban J connectivity index is 3.46. The summed E-state index contributed by atoms with van der Waals surface area (Å²) in [5, 5.41) is 0. The van der Waals surface area contributed by atoms with Gasteiger partial charge in [0.2, 0.25) is 6.29 Å². The monoisotopic (exact) mass is 408 g/mol. The van der Waals surface area contributed by atoms with Gasteiger partial charge in [0.1, 0.15) is 0 Å². The number of hydrogen-bond acceptors (Lipinski definition) is 3. The van der Waals surface area contributed by atoms with Gasteiger partial charge in [0, 0.05) is 12.0 Å². The summed E-state index contributed by atoms with van der Waals surface area (Å²) in [6.45, 7) is 11.6. The van der Waals surface area contributed by atoms with Crippen molar-refractivity contribution in [3.8, 4) is 0 Å². The molecule has 0 aliphatic rings. The van der Waals surface area contributed by atoms with E-state index in [2.05, 4.69) is 20.1 Å². The third kappa shape index (κ3) is 20.0. The van der Waals surface area contributed by atoms with Gasteiger partial charge in [-0.3, -0.25) is 0 Å². The molecule has 0 N–H and O–H groups in total. The lowest BCUT2D eigenvalue weighted by molar-refractivity contribution is -0.173. The van der Waals surface area contributed by atoms with Crippen molar-refractivity contribution >= 4 is 5.97 Å². The third-order valence-electron chi connectivity index (χ3n) is 5.28. The number of unbranched alkanes of at least 4 members (excludes halogenated alkanes) is 15. The van der Waals surface area contributed by atoms with Crippen LogP contribution in [0.25, 0.3) is 0 Å². The summed E-state index contributed by atoms with van der Waals surface area (Å²) in [5.74, 6) is -0.379. The van der Waals surface area contributed by atoms with E-state index in [0.29, 0.717) is 12.2 Å². The highest BCUT2D eigenvalue weighted by molar-refractivity contribution is 5.86. The Morgan fingerprint density at radius 1 is 0.793 bits per heavy atom. The first-order valence-electron chi connectivity index (χ1n) is 12.2. The van der Waals surface area contributed by atoms with Gasteiger partial charge in [0.25, 0.3) is 0 Å². The van der Waals surface area contributed by atoms with Gasteiger partial charge in [-0.15, -0.1) is 6.58 Å². The van der Waals surface area contributed by atoms with Crippen LogP contribution >= 0.6 is 0 Å². The maximum atomic E-state index is 11.7. The van der Waals surface area contributed by atoms with Gasteiger partial charge in [-0.25, -0.2) is 4.79 Å². The van der Waals surface area contributed by atoms with Crippen molar-refractivity contribution in [3.63, 3.8) is 0 Å². The second kappa shape index (κ2) is 21.6. The fraction of sp³-hybridized carbons (Fsp3) is 0.808. The summed E-state index contributed by atoms with van der Waals surface area (Å²) in [6, 6.07) is 0. The molecule has 1 atom stereocenters. The largest absolute Gasteiger partial charge is 0.432 e. The standard InChI is InChI=1S/C26H48O3/c1-5-7-8-9-10-11-12-13-14-15-16-17-18-19-20-21-22-25(28-23-6-2)29-26(27)24(3)4/h6,25H,2-3,5,7-23H2,1,4H3. The SMILES string of the molecule is C=CCOC(CCCCCCCCCCCCCCCCCC)OC(=O)C(=C)C. The molecule has 0 saturated heterocycles. The van der Waals surface area contributed by atoms with Crippen LogP contribution in [-0.2, 0) is 14.3 Å². The molecule has 170 valence electrons. The van der Waals surface area contributed by atoms with E-state index in [0.717, 1.165) is 19.3 Å². The van der Waals surface area contributed by atoms with Crippen LogP contribution in [0.3, 0.4) is 0 Å². The van der Waals surface area contributed by atoms with E-state index in [4.69, 9.17) is 9.47 Å². The highest BCUT2D eigenvalue weighted by atomic mass is 16.7. The molecular formula is C26H48O3. The molecule has 0 radical (unpaired) electrons. The van der Waals surface area contributed by atoms with Crippen molar-refractivity contribution in [1.82, 2.24) is 0 Å². The Morgan fingerprint density at radius 2 is 1.21 bits per heavy atom. The molecule has 0 saturated carbocycles. The van der Waals surface area contributed by atoms with Crippen molar-refractivity contribution in [2.75, 3.05) is 6.61 Å². The zero-order valence-electron chi connectivity index (χ0n) is 19.5. The van der Waals surface area contributed by atoms with Crippen LogP contribution in [0.15, 0.2) is 24.8 Å². The molecule has 0 aromatic rings. The first-order chi connectivity index (χ1) is 14.1. The number of hydrogen-bond donors (Lipinski definition) is 0. The molecule has 3 nitrogen and oxygen atoms in total. The lowest BCUT2D eigenvalue weighted by Crippen LogP contribution is -2.22. The number of ether oxygens (including phenoxy) is 2. The van der Waals surface area contributed by atoms with Crippen LogP contribution in [-0.4, -0.2) is 18.9 Å². The Bertz CT molecular complexity index is 403. The molecule has 0 bridgehead atoms. The van der Waals surface area contributed by atoms with E-state index in [9.17, 15) is 4.79 Å². The molecule has 0 heterocycles. The van der Waals surface area contributed by atoms with Crippen molar-refractivity contribution in [2.45, 2.75) is 129 Å². The molecule has 0 rings (SSSR count). The van der Waals surface area contributed by atoms with Crippen molar-refractivity contribution < 1.29 is 14.3 Å². The van der Waals surface area contributed by atoms with E-state index in [1.807, 2.05) is 0 Å². The highest BCUT2D eigenvalue weighted by Crippen LogP contribution is 2.15. The van der Waals surface area contributed by atoms with Crippen molar-refractivity contribution in [2.24, 2.45) is 0 Å². The summed E-state index contributed by atoms with van der Waals surface area (Å²) < 4.78 is 10.9. The number of carbonyl (C=O) groups is 1. The molecule has 0 spiro atoms. The molecule has 1 unspecified atom stereocenters. The van der Waals surface area contributed by atoms with Gasteiger partial charge in [0.05, 0.1) is 6.61 Å². The first kappa shape index (κ1) is 27.9. The average Bonchev–Trinajstić information content (AvgIpc) is 2.71. The van der Waals surface area contributed by atoms with Crippen LogP contribution in [0.4, 0.5) is 0 Å². The fourth-order valence-corrected chi connectivity index (χ4v) is 3.43. The summed E-state index contributed by atoms with van der Waals surface area (Å²) in [7, 11) is 0. The second-order valence-electron chi connectivity index (χ2n) is 8.33. The third-order valence-corrected chi connectivity index (χ3v) is 5.28. The number of carbonyl (C=O) groups excluding carboxylic acids is 1. The summed E-state index contributed by atoms with van der Waals surface area (Å²) in [5.41, 5.74) is 0.407. The van der Waals surface area contributed by atoms with Crippen LogP contribution in [0, 0.1) is 0 Å². The zero-order chi connectivity index (χ0) is 21.6. The van der Waals surface area contributed by atoms with E-state index >= 15 is 0 Å². The Labute approximate surface area is 181 Å². The van der Waals surface area contributed by atoms with Crippen LogP contribution in [0.1, 0.15) is 123 Å². The van der Waals surface area contributed by atoms with Gasteiger partial charge in [-0.2, -0.15) is 0 Å². The molecule has 0 fully saturated rings. The van der Waals surface area contributed by atoms with Crippen LogP contribution in [0.2, 0.25) is 0 Å². The lowest BCUT2D eigenvalue weighted by atomic mass is 10.0. The van der Waals surface area contributed by atoms with Gasteiger partial charge >= 0.3 is 5.97 Å². The van der Waals surface area contributed by atoms with Crippen LogP contribution < -0.4 is 0 Å². The molecule has 3 heteroatoms. The van der Waals surface area contributed by atoms with Crippen molar-refractivity contribution in [3.05, 3.63) is 24.8 Å². The second-order valence-corrected chi connectivity index (χ2v) is 8.33. The number of esters is 1. The zero-order valence-corrected chi connectivity index (χ0v) is 19.5. The molecule has 0 aliphatic carbocycles. The maximum Gasteiger partial charge on any atom is 0.335 e. The van der Waals surface area contributed by atoms with E-state index in [-0.39, 0.29) is 5.97 Å². The normalized spacial score (nSPS) is 11.9. The molecule has 0 aromatic carbocycles. The molecule has 29 heavy (non-hydrogen) atoms. The summed E-state index contributed by atoms with van der Waals surface area (Å²) in [4.78, 5) is 11.7. The Kier molecular flexibility index (Phi) is 20.8. The van der Waals surface area contributed by atoms with Gasteiger partial charge in [0.15, 0.2) is 0 Å². The van der Waals surface area contributed by atoms with Crippen LogP contribution in [0.5, 0.6) is 0 Å². The maximum absolute atomic E-state index is 11.7. The molecule has 0 amide bonds. The fourth-order valence-electron chi connectivity index (χ4n) is 3.43. The Hall–Kier alpha value is -1.09. The molecular weight excluding hydrogens is 360 g/mol. The number of rotatable bonds is 22. The van der Waals surface area contributed by atoms with E-state index in [1.165, 1.54) is 89.9 Å². The van der Waals surface area contributed by atoms with E-state index < -0.39 is 6.29 Å². The topological polar surface area (TPSA) is 35.5 Å². The minimum absolute atomic E-state index is 0.379. The van der Waals surface area contributed by atoms with Gasteiger partial charge in [-0.1, -0.05) is 116 Å². The van der Waals surface area contributed by atoms with E-state index in [1.54, 1.807) is 13.0 Å². The van der Waals surface area contributed by atoms with Gasteiger partial charge < -0.3 is 9.47 Å². The smallest absolute Gasteiger partial charge is 0.335 e. The van der Waals surface area contributed by atoms with Gasteiger partial charge in [-0.05, 0) is 13.3 Å². The molecule has 0 aliphatic heterocycles. The summed E-state index contributed by atoms with van der Waals surface area (Å²) >= 11 is 0. The van der Waals surface area contributed by atoms with Crippen molar-refractivity contribution in [1.29, 1.82) is 0 Å². The highest BCUT2D eigenvalue weighted by Gasteiger charge is 2.14. The summed E-state index contributed by atoms with van der Waals surface area (Å²) in [6.07, 6.45) is 23.5. The predicted octanol–water partition coefficient (Wildman–Crippen LogP) is 8.29. The lowest BCUT2D eigenvalue weighted by Gasteiger charge is -2.17. The molecule has 0 aromatic heterocycles. The minimum Gasteiger partial charge on any atom is -0.432 e. The quantitative estimate of drug-likeness (QED) is 0.0594. The average molecular weight is 409 g/mol. The predicted molar refractivity (Wildman–Crippen MR) is 125 cm³/mol.